The van der Waals surface area contributed by atoms with E-state index in [1.165, 1.54) is 68.3 Å². The van der Waals surface area contributed by atoms with Gasteiger partial charge in [0.2, 0.25) is 0 Å². The summed E-state index contributed by atoms with van der Waals surface area (Å²) < 4.78 is 31.9. The SMILES string of the molecule is O=C(NC1CCC1)c1nn(C2CCCCC2)c2c1CCCCC2Cc1cccc(F)c1.O=C(O)c1nn(C2CCCCC2)c2c1CCCCC2Cc1cccc(F)c1. The first kappa shape index (κ1) is 40.4. The quantitative estimate of drug-likeness (QED) is 0.164. The number of carboxylic acid groups (broad SMARTS) is 1. The first-order chi connectivity index (χ1) is 28.3. The highest BCUT2D eigenvalue weighted by atomic mass is 19.1. The van der Waals surface area contributed by atoms with E-state index in [2.05, 4.69) is 19.8 Å². The van der Waals surface area contributed by atoms with Crippen molar-refractivity contribution < 1.29 is 23.5 Å². The number of amides is 1. The smallest absolute Gasteiger partial charge is 0.356 e. The lowest BCUT2D eigenvalue weighted by atomic mass is 9.89. The molecule has 0 bridgehead atoms. The Labute approximate surface area is 342 Å². The number of carbonyl (C=O) groups excluding carboxylic acids is 1. The van der Waals surface area contributed by atoms with Gasteiger partial charge in [-0.1, -0.05) is 75.6 Å². The fourth-order valence-corrected chi connectivity index (χ4v) is 10.6. The van der Waals surface area contributed by atoms with Crippen molar-refractivity contribution in [1.29, 1.82) is 0 Å². The Kier molecular flexibility index (Phi) is 13.0. The highest BCUT2D eigenvalue weighted by Gasteiger charge is 2.35. The van der Waals surface area contributed by atoms with E-state index in [0.717, 1.165) is 125 Å². The summed E-state index contributed by atoms with van der Waals surface area (Å²) in [4.78, 5) is 25.1. The maximum atomic E-state index is 13.9. The molecule has 9 rings (SSSR count). The summed E-state index contributed by atoms with van der Waals surface area (Å²) in [5, 5.41) is 22.6. The number of nitrogens with zero attached hydrogens (tertiary/aromatic N) is 4. The number of halogens is 2. The van der Waals surface area contributed by atoms with Gasteiger partial charge in [0, 0.05) is 40.4 Å². The fraction of sp³-hybridized carbons (Fsp3) is 0.583. The molecule has 5 aliphatic carbocycles. The van der Waals surface area contributed by atoms with Crippen LogP contribution in [0.25, 0.3) is 0 Å². The average Bonchev–Trinajstić information content (AvgIpc) is 3.64. The Morgan fingerprint density at radius 2 is 1.07 bits per heavy atom. The monoisotopic (exact) mass is 793 g/mol. The highest BCUT2D eigenvalue weighted by molar-refractivity contribution is 5.94. The number of rotatable bonds is 9. The molecular weight excluding hydrogens is 733 g/mol. The standard InChI is InChI=1S/C26H34FN3O.C22H27FN2O2/c27-20-10-6-8-18(17-20)16-19-9-4-5-15-23-24(26(31)28-21-11-7-12-21)29-30(25(19)23)22-13-2-1-3-14-22;23-17-9-6-7-15(14-17)13-16-8-4-5-12-19-20(22(26)27)24-25(21(16)19)18-10-2-1-3-11-18/h6,8,10,17,19,21-22H,1-5,7,9,11-16H2,(H,28,31);6-7,9,14,16,18H,1-5,8,10-13H2,(H,26,27). The molecule has 10 heteroatoms. The first-order valence-corrected chi connectivity index (χ1v) is 22.6. The largest absolute Gasteiger partial charge is 0.476 e. The molecule has 5 aliphatic rings. The predicted octanol–water partition coefficient (Wildman–Crippen LogP) is 11.1. The molecule has 2 aromatic heterocycles. The number of hydrogen-bond donors (Lipinski definition) is 2. The Bertz CT molecular complexity index is 2040. The molecule has 1 amide bonds. The summed E-state index contributed by atoms with van der Waals surface area (Å²) >= 11 is 0. The lowest BCUT2D eigenvalue weighted by molar-refractivity contribution is 0.0687. The van der Waals surface area contributed by atoms with Crippen molar-refractivity contribution in [2.45, 2.75) is 178 Å². The molecule has 310 valence electrons. The Hall–Kier alpha value is -4.34. The second kappa shape index (κ2) is 18.7. The maximum Gasteiger partial charge on any atom is 0.356 e. The maximum absolute atomic E-state index is 13.9. The number of benzene rings is 2. The van der Waals surface area contributed by atoms with Gasteiger partial charge in [0.15, 0.2) is 11.4 Å². The van der Waals surface area contributed by atoms with Crippen molar-refractivity contribution in [2.24, 2.45) is 0 Å². The van der Waals surface area contributed by atoms with Crippen LogP contribution in [0.15, 0.2) is 48.5 Å². The molecular formula is C48H61F2N5O3. The molecule has 0 radical (unpaired) electrons. The molecule has 2 unspecified atom stereocenters. The third kappa shape index (κ3) is 9.26. The molecule has 0 saturated heterocycles. The second-order valence-electron chi connectivity index (χ2n) is 17.9. The molecule has 0 aliphatic heterocycles. The van der Waals surface area contributed by atoms with Crippen LogP contribution in [0.5, 0.6) is 0 Å². The zero-order chi connectivity index (χ0) is 40.0. The zero-order valence-electron chi connectivity index (χ0n) is 34.1. The molecule has 0 spiro atoms. The summed E-state index contributed by atoms with van der Waals surface area (Å²) in [6.45, 7) is 0. The minimum Gasteiger partial charge on any atom is -0.476 e. The van der Waals surface area contributed by atoms with Crippen LogP contribution in [0.1, 0.15) is 201 Å². The lowest BCUT2D eigenvalue weighted by Gasteiger charge is -2.27. The van der Waals surface area contributed by atoms with Gasteiger partial charge in [0.25, 0.3) is 5.91 Å². The van der Waals surface area contributed by atoms with Gasteiger partial charge in [0.05, 0.1) is 12.1 Å². The Balaban J connectivity index is 0.000000164. The minimum atomic E-state index is -0.924. The first-order valence-electron chi connectivity index (χ1n) is 22.6. The minimum absolute atomic E-state index is 0.0157. The van der Waals surface area contributed by atoms with Gasteiger partial charge in [-0.05, 0) is 132 Å². The summed E-state index contributed by atoms with van der Waals surface area (Å²) in [6, 6.07) is 14.8. The van der Waals surface area contributed by atoms with E-state index >= 15 is 0 Å². The van der Waals surface area contributed by atoms with Gasteiger partial charge in [-0.3, -0.25) is 14.2 Å². The molecule has 58 heavy (non-hydrogen) atoms. The van der Waals surface area contributed by atoms with Crippen LogP contribution in [0.3, 0.4) is 0 Å². The van der Waals surface area contributed by atoms with Gasteiger partial charge in [-0.15, -0.1) is 0 Å². The van der Waals surface area contributed by atoms with Crippen molar-refractivity contribution in [2.75, 3.05) is 0 Å². The number of carboxylic acids is 1. The predicted molar refractivity (Wildman–Crippen MR) is 222 cm³/mol. The molecule has 2 N–H and O–H groups in total. The van der Waals surface area contributed by atoms with Gasteiger partial charge < -0.3 is 10.4 Å². The van der Waals surface area contributed by atoms with E-state index in [9.17, 15) is 23.5 Å². The number of fused-ring (bicyclic) bond motifs is 2. The van der Waals surface area contributed by atoms with E-state index in [1.807, 2.05) is 12.1 Å². The summed E-state index contributed by atoms with van der Waals surface area (Å²) in [6.07, 6.45) is 24.8. The highest BCUT2D eigenvalue weighted by Crippen LogP contribution is 2.41. The molecule has 8 nitrogen and oxygen atoms in total. The summed E-state index contributed by atoms with van der Waals surface area (Å²) in [5.74, 6) is -0.805. The number of nitrogens with one attached hydrogen (secondary N) is 1. The van der Waals surface area contributed by atoms with Crippen LogP contribution in [0.4, 0.5) is 8.78 Å². The Morgan fingerprint density at radius 3 is 1.52 bits per heavy atom. The van der Waals surface area contributed by atoms with Crippen LogP contribution in [-0.4, -0.2) is 42.6 Å². The normalized spacial score (nSPS) is 21.7. The number of hydrogen-bond acceptors (Lipinski definition) is 4. The van der Waals surface area contributed by atoms with Crippen molar-refractivity contribution >= 4 is 11.9 Å². The van der Waals surface area contributed by atoms with Gasteiger partial charge >= 0.3 is 5.97 Å². The molecule has 2 heterocycles. The molecule has 2 aromatic carbocycles. The fourth-order valence-electron chi connectivity index (χ4n) is 10.6. The van der Waals surface area contributed by atoms with Crippen LogP contribution in [-0.2, 0) is 25.7 Å². The lowest BCUT2D eigenvalue weighted by Crippen LogP contribution is -2.40. The van der Waals surface area contributed by atoms with Gasteiger partial charge in [-0.25, -0.2) is 13.6 Å². The van der Waals surface area contributed by atoms with Crippen molar-refractivity contribution in [3.05, 3.63) is 105 Å². The van der Waals surface area contributed by atoms with Gasteiger partial charge in [-0.2, -0.15) is 10.2 Å². The topological polar surface area (TPSA) is 102 Å². The Morgan fingerprint density at radius 1 is 0.603 bits per heavy atom. The molecule has 3 saturated carbocycles. The third-order valence-electron chi connectivity index (χ3n) is 13.8. The van der Waals surface area contributed by atoms with E-state index in [4.69, 9.17) is 5.10 Å². The van der Waals surface area contributed by atoms with E-state index < -0.39 is 5.97 Å². The van der Waals surface area contributed by atoms with Crippen LogP contribution < -0.4 is 5.32 Å². The van der Waals surface area contributed by atoms with Crippen LogP contribution in [0, 0.1) is 11.6 Å². The number of aromatic carboxylic acids is 1. The van der Waals surface area contributed by atoms with Crippen LogP contribution >= 0.6 is 0 Å². The molecule has 2 atom stereocenters. The summed E-state index contributed by atoms with van der Waals surface area (Å²) in [7, 11) is 0. The van der Waals surface area contributed by atoms with Crippen molar-refractivity contribution in [3.63, 3.8) is 0 Å². The summed E-state index contributed by atoms with van der Waals surface area (Å²) in [5.41, 5.74) is 7.39. The third-order valence-corrected chi connectivity index (χ3v) is 13.8. The van der Waals surface area contributed by atoms with Crippen molar-refractivity contribution in [3.8, 4) is 0 Å². The van der Waals surface area contributed by atoms with E-state index in [-0.39, 0.29) is 29.2 Å². The molecule has 3 fully saturated rings. The van der Waals surface area contributed by atoms with E-state index in [0.29, 0.717) is 29.7 Å². The average molecular weight is 794 g/mol. The zero-order valence-corrected chi connectivity index (χ0v) is 34.1. The van der Waals surface area contributed by atoms with Crippen LogP contribution in [0.2, 0.25) is 0 Å². The number of aromatic nitrogens is 4. The van der Waals surface area contributed by atoms with Gasteiger partial charge in [0.1, 0.15) is 11.6 Å². The second-order valence-corrected chi connectivity index (χ2v) is 17.9. The number of carbonyl (C=O) groups is 2. The molecule has 4 aromatic rings. The van der Waals surface area contributed by atoms with E-state index in [1.54, 1.807) is 24.3 Å². The van der Waals surface area contributed by atoms with Crippen molar-refractivity contribution in [1.82, 2.24) is 24.9 Å².